The van der Waals surface area contributed by atoms with Gasteiger partial charge in [-0.05, 0) is 36.5 Å². The molecule has 0 aromatic heterocycles. The van der Waals surface area contributed by atoms with E-state index in [4.69, 9.17) is 12.2 Å². The third-order valence-electron chi connectivity index (χ3n) is 2.45. The van der Waals surface area contributed by atoms with Gasteiger partial charge in [0.05, 0.1) is 0 Å². The Morgan fingerprint density at radius 2 is 1.43 bits per heavy atom. The van der Waals surface area contributed by atoms with Crippen molar-refractivity contribution in [1.82, 2.24) is 0 Å². The summed E-state index contributed by atoms with van der Waals surface area (Å²) in [5.74, 6) is -6.12. The van der Waals surface area contributed by atoms with Crippen molar-refractivity contribution in [2.24, 2.45) is 0 Å². The monoisotopic (exact) mass is 378 g/mol. The molecule has 2 aromatic rings. The summed E-state index contributed by atoms with van der Waals surface area (Å²) in [5.41, 5.74) is -0.449. The number of halogens is 5. The van der Waals surface area contributed by atoms with Crippen LogP contribution in [0, 0.1) is 23.3 Å². The van der Waals surface area contributed by atoms with E-state index < -0.39 is 29.0 Å². The van der Waals surface area contributed by atoms with Crippen LogP contribution in [0.4, 0.5) is 28.9 Å². The van der Waals surface area contributed by atoms with Crippen LogP contribution in [-0.2, 0) is 0 Å². The first-order valence-electron chi connectivity index (χ1n) is 5.55. The number of hydrogen-bond donors (Lipinski definition) is 2. The van der Waals surface area contributed by atoms with E-state index >= 15 is 0 Å². The standard InChI is InChI=1S/C13H7BrF4N2S/c14-6-1-3-7(4-2-6)19-13(21)20-12-10(17)8(15)5-9(16)11(12)18/h1-5H,(H2,19,20,21). The Bertz CT molecular complexity index is 665. The molecule has 8 heteroatoms. The van der Waals surface area contributed by atoms with Crippen LogP contribution < -0.4 is 10.6 Å². The second-order valence-corrected chi connectivity index (χ2v) is 5.25. The van der Waals surface area contributed by atoms with Crippen molar-refractivity contribution in [2.75, 3.05) is 10.6 Å². The zero-order valence-corrected chi connectivity index (χ0v) is 12.6. The van der Waals surface area contributed by atoms with E-state index in [2.05, 4.69) is 26.6 Å². The maximum Gasteiger partial charge on any atom is 0.185 e. The molecule has 110 valence electrons. The third-order valence-corrected chi connectivity index (χ3v) is 3.19. The lowest BCUT2D eigenvalue weighted by atomic mass is 10.2. The van der Waals surface area contributed by atoms with Crippen molar-refractivity contribution in [2.45, 2.75) is 0 Å². The molecular formula is C13H7BrF4N2S. The van der Waals surface area contributed by atoms with Gasteiger partial charge in [-0.2, -0.15) is 0 Å². The molecule has 0 fully saturated rings. The van der Waals surface area contributed by atoms with E-state index in [0.717, 1.165) is 4.47 Å². The van der Waals surface area contributed by atoms with Gasteiger partial charge in [0.15, 0.2) is 28.4 Å². The average Bonchev–Trinajstić information content (AvgIpc) is 2.44. The molecule has 0 aliphatic rings. The minimum atomic E-state index is -1.55. The van der Waals surface area contributed by atoms with Gasteiger partial charge in [0.25, 0.3) is 0 Å². The van der Waals surface area contributed by atoms with Gasteiger partial charge < -0.3 is 10.6 Å². The van der Waals surface area contributed by atoms with Crippen molar-refractivity contribution in [3.05, 3.63) is 58.1 Å². The minimum Gasteiger partial charge on any atom is -0.332 e. The topological polar surface area (TPSA) is 24.1 Å². The summed E-state index contributed by atoms with van der Waals surface area (Å²) >= 11 is 8.09. The second-order valence-electron chi connectivity index (χ2n) is 3.93. The lowest BCUT2D eigenvalue weighted by Gasteiger charge is -2.12. The first-order chi connectivity index (χ1) is 9.88. The highest BCUT2D eigenvalue weighted by Crippen LogP contribution is 2.24. The number of thiocarbonyl (C=S) groups is 1. The summed E-state index contributed by atoms with van der Waals surface area (Å²) in [6, 6.07) is 6.86. The van der Waals surface area contributed by atoms with Crippen LogP contribution in [0.5, 0.6) is 0 Å². The SMILES string of the molecule is Fc1cc(F)c(F)c(NC(=S)Nc2ccc(Br)cc2)c1F. The summed E-state index contributed by atoms with van der Waals surface area (Å²) in [5, 5.41) is 4.53. The molecule has 0 aliphatic carbocycles. The summed E-state index contributed by atoms with van der Waals surface area (Å²) in [4.78, 5) is 0. The van der Waals surface area contributed by atoms with Crippen LogP contribution in [0.25, 0.3) is 0 Å². The highest BCUT2D eigenvalue weighted by Gasteiger charge is 2.19. The molecule has 2 aromatic carbocycles. The van der Waals surface area contributed by atoms with Crippen LogP contribution in [0.15, 0.2) is 34.8 Å². The Morgan fingerprint density at radius 3 is 1.95 bits per heavy atom. The van der Waals surface area contributed by atoms with E-state index in [1.54, 1.807) is 24.3 Å². The van der Waals surface area contributed by atoms with Crippen molar-refractivity contribution in [3.63, 3.8) is 0 Å². The van der Waals surface area contributed by atoms with Gasteiger partial charge >= 0.3 is 0 Å². The minimum absolute atomic E-state index is 0.126. The van der Waals surface area contributed by atoms with Crippen molar-refractivity contribution in [3.8, 4) is 0 Å². The fourth-order valence-electron chi connectivity index (χ4n) is 1.49. The molecule has 0 unspecified atom stereocenters. The molecule has 2 rings (SSSR count). The van der Waals surface area contributed by atoms with Crippen LogP contribution in [-0.4, -0.2) is 5.11 Å². The maximum absolute atomic E-state index is 13.5. The molecular weight excluding hydrogens is 372 g/mol. The third kappa shape index (κ3) is 3.70. The van der Waals surface area contributed by atoms with E-state index in [9.17, 15) is 17.6 Å². The van der Waals surface area contributed by atoms with Crippen LogP contribution in [0.1, 0.15) is 0 Å². The highest BCUT2D eigenvalue weighted by atomic mass is 79.9. The van der Waals surface area contributed by atoms with Crippen LogP contribution >= 0.6 is 28.1 Å². The molecule has 2 nitrogen and oxygen atoms in total. The average molecular weight is 379 g/mol. The lowest BCUT2D eigenvalue weighted by Crippen LogP contribution is -2.21. The highest BCUT2D eigenvalue weighted by molar-refractivity contribution is 9.10. The molecule has 0 spiro atoms. The lowest BCUT2D eigenvalue weighted by molar-refractivity contribution is 0.459. The Kier molecular flexibility index (Phi) is 4.79. The number of benzene rings is 2. The molecule has 0 atom stereocenters. The van der Waals surface area contributed by atoms with Gasteiger partial charge in [-0.25, -0.2) is 17.6 Å². The normalized spacial score (nSPS) is 10.3. The van der Waals surface area contributed by atoms with E-state index in [-0.39, 0.29) is 11.2 Å². The van der Waals surface area contributed by atoms with Crippen molar-refractivity contribution in [1.29, 1.82) is 0 Å². The number of anilines is 2. The zero-order valence-electron chi connectivity index (χ0n) is 10.2. The zero-order chi connectivity index (χ0) is 15.6. The number of rotatable bonds is 2. The van der Waals surface area contributed by atoms with Crippen molar-refractivity contribution >= 4 is 44.6 Å². The maximum atomic E-state index is 13.5. The van der Waals surface area contributed by atoms with Gasteiger partial charge in [0.1, 0.15) is 5.69 Å². The Balaban J connectivity index is 2.18. The van der Waals surface area contributed by atoms with E-state index in [0.29, 0.717) is 5.69 Å². The number of hydrogen-bond acceptors (Lipinski definition) is 1. The molecule has 0 heterocycles. The molecule has 0 saturated heterocycles. The van der Waals surface area contributed by atoms with Gasteiger partial charge in [-0.1, -0.05) is 15.9 Å². The second kappa shape index (κ2) is 6.40. The molecule has 0 amide bonds. The largest absolute Gasteiger partial charge is 0.332 e. The summed E-state index contributed by atoms with van der Waals surface area (Å²) in [6.07, 6.45) is 0. The quantitative estimate of drug-likeness (QED) is 0.445. The summed E-state index contributed by atoms with van der Waals surface area (Å²) < 4.78 is 53.8. The molecule has 21 heavy (non-hydrogen) atoms. The Morgan fingerprint density at radius 1 is 0.905 bits per heavy atom. The van der Waals surface area contributed by atoms with E-state index in [1.807, 2.05) is 0 Å². The first-order valence-corrected chi connectivity index (χ1v) is 6.75. The Hall–Kier alpha value is -1.67. The van der Waals surface area contributed by atoms with Crippen LogP contribution in [0.3, 0.4) is 0 Å². The fourth-order valence-corrected chi connectivity index (χ4v) is 1.98. The van der Waals surface area contributed by atoms with Gasteiger partial charge in [-0.3, -0.25) is 0 Å². The van der Waals surface area contributed by atoms with Gasteiger partial charge in [-0.15, -0.1) is 0 Å². The van der Waals surface area contributed by atoms with Crippen molar-refractivity contribution < 1.29 is 17.6 Å². The van der Waals surface area contributed by atoms with Gasteiger partial charge in [0, 0.05) is 16.2 Å². The van der Waals surface area contributed by atoms with Crippen LogP contribution in [0.2, 0.25) is 0 Å². The smallest absolute Gasteiger partial charge is 0.185 e. The predicted octanol–water partition coefficient (Wildman–Crippen LogP) is 4.81. The summed E-state index contributed by atoms with van der Waals surface area (Å²) in [6.45, 7) is 0. The first kappa shape index (κ1) is 15.7. The molecule has 0 bridgehead atoms. The number of nitrogens with one attached hydrogen (secondary N) is 2. The molecule has 0 saturated carbocycles. The molecule has 0 aliphatic heterocycles. The summed E-state index contributed by atoms with van der Waals surface area (Å²) in [7, 11) is 0. The Labute approximate surface area is 131 Å². The van der Waals surface area contributed by atoms with E-state index in [1.165, 1.54) is 0 Å². The fraction of sp³-hybridized carbons (Fsp3) is 0. The molecule has 2 N–H and O–H groups in total. The molecule has 0 radical (unpaired) electrons. The predicted molar refractivity (Wildman–Crippen MR) is 80.3 cm³/mol. The van der Waals surface area contributed by atoms with Gasteiger partial charge in [0.2, 0.25) is 0 Å².